The Morgan fingerprint density at radius 2 is 2.07 bits per heavy atom. The van der Waals surface area contributed by atoms with E-state index in [0.29, 0.717) is 12.3 Å². The smallest absolute Gasteiger partial charge is 0.409 e. The molecule has 0 saturated carbocycles. The molecule has 0 atom stereocenters. The number of alkyl halides is 3. The Balaban J connectivity index is 3.29. The third kappa shape index (κ3) is 2.27. The van der Waals surface area contributed by atoms with Gasteiger partial charge in [-0.2, -0.15) is 13.2 Å². The predicted octanol–water partition coefficient (Wildman–Crippen LogP) is 0.777. The van der Waals surface area contributed by atoms with Crippen LogP contribution in [0.4, 0.5) is 19.0 Å². The molecule has 0 radical (unpaired) electrons. The standard InChI is InChI=1S/C7H7F3N4O/c8-7(9,10)3-1-4(6(12)14-15)5(11)13-2-3/h1-2,15H,(H2,11,13)(H2,12,14). The van der Waals surface area contributed by atoms with Gasteiger partial charge in [0.05, 0.1) is 11.1 Å². The van der Waals surface area contributed by atoms with E-state index in [9.17, 15) is 13.2 Å². The third-order valence-corrected chi connectivity index (χ3v) is 1.63. The minimum atomic E-state index is -4.55. The Bertz CT molecular complexity index is 402. The summed E-state index contributed by atoms with van der Waals surface area (Å²) in [5.41, 5.74) is 9.11. The van der Waals surface area contributed by atoms with E-state index in [0.717, 1.165) is 0 Å². The summed E-state index contributed by atoms with van der Waals surface area (Å²) in [6, 6.07) is 0.664. The molecule has 1 heterocycles. The Labute approximate surface area is 82.2 Å². The zero-order valence-corrected chi connectivity index (χ0v) is 7.28. The summed E-state index contributed by atoms with van der Waals surface area (Å²) in [4.78, 5) is 3.30. The molecule has 15 heavy (non-hydrogen) atoms. The fourth-order valence-corrected chi connectivity index (χ4v) is 0.889. The van der Waals surface area contributed by atoms with E-state index < -0.39 is 17.6 Å². The average Bonchev–Trinajstić information content (AvgIpc) is 2.15. The molecule has 0 aromatic carbocycles. The van der Waals surface area contributed by atoms with Crippen LogP contribution < -0.4 is 11.5 Å². The van der Waals surface area contributed by atoms with Crippen molar-refractivity contribution >= 4 is 11.7 Å². The first kappa shape index (κ1) is 11.1. The van der Waals surface area contributed by atoms with Crippen LogP contribution in [0.5, 0.6) is 0 Å². The van der Waals surface area contributed by atoms with Crippen molar-refractivity contribution in [2.45, 2.75) is 6.18 Å². The molecule has 5 N–H and O–H groups in total. The van der Waals surface area contributed by atoms with Crippen molar-refractivity contribution in [3.05, 3.63) is 23.4 Å². The number of halogens is 3. The SMILES string of the molecule is N/C(=N\O)c1cc(C(F)(F)F)cnc1N. The predicted molar refractivity (Wildman–Crippen MR) is 46.2 cm³/mol. The molecule has 1 aromatic rings. The number of hydrogen-bond donors (Lipinski definition) is 3. The zero-order valence-electron chi connectivity index (χ0n) is 7.28. The summed E-state index contributed by atoms with van der Waals surface area (Å²) in [6.07, 6.45) is -3.98. The Hall–Kier alpha value is -1.99. The van der Waals surface area contributed by atoms with Crippen LogP contribution in [0.1, 0.15) is 11.1 Å². The molecule has 0 unspecified atom stereocenters. The van der Waals surface area contributed by atoms with Crippen molar-refractivity contribution in [3.63, 3.8) is 0 Å². The van der Waals surface area contributed by atoms with Crippen molar-refractivity contribution in [1.82, 2.24) is 4.98 Å². The van der Waals surface area contributed by atoms with E-state index in [-0.39, 0.29) is 11.4 Å². The summed E-state index contributed by atoms with van der Waals surface area (Å²) in [5, 5.41) is 10.9. The highest BCUT2D eigenvalue weighted by Crippen LogP contribution is 2.29. The number of anilines is 1. The first-order valence-electron chi connectivity index (χ1n) is 3.67. The second-order valence-corrected chi connectivity index (χ2v) is 2.64. The number of pyridine rings is 1. The maximum absolute atomic E-state index is 12.2. The van der Waals surface area contributed by atoms with E-state index in [1.165, 1.54) is 0 Å². The summed E-state index contributed by atoms with van der Waals surface area (Å²) < 4.78 is 36.7. The van der Waals surface area contributed by atoms with E-state index >= 15 is 0 Å². The molecule has 0 bridgehead atoms. The number of nitrogen functional groups attached to an aromatic ring is 1. The van der Waals surface area contributed by atoms with Crippen LogP contribution in [0.25, 0.3) is 0 Å². The molecular formula is C7H7F3N4O. The maximum Gasteiger partial charge on any atom is 0.417 e. The summed E-state index contributed by atoms with van der Waals surface area (Å²) in [5.74, 6) is -0.760. The highest BCUT2D eigenvalue weighted by molar-refractivity contribution is 6.00. The van der Waals surface area contributed by atoms with Gasteiger partial charge in [-0.15, -0.1) is 0 Å². The molecule has 0 aliphatic rings. The lowest BCUT2D eigenvalue weighted by Gasteiger charge is -2.09. The number of nitrogens with zero attached hydrogens (tertiary/aromatic N) is 2. The molecule has 0 fully saturated rings. The number of rotatable bonds is 1. The van der Waals surface area contributed by atoms with Crippen LogP contribution in [-0.4, -0.2) is 16.0 Å². The van der Waals surface area contributed by atoms with E-state index in [4.69, 9.17) is 16.7 Å². The molecule has 5 nitrogen and oxygen atoms in total. The summed E-state index contributed by atoms with van der Waals surface area (Å²) >= 11 is 0. The van der Waals surface area contributed by atoms with Crippen LogP contribution in [0.15, 0.2) is 17.4 Å². The minimum Gasteiger partial charge on any atom is -0.409 e. The highest BCUT2D eigenvalue weighted by Gasteiger charge is 2.31. The van der Waals surface area contributed by atoms with Gasteiger partial charge in [-0.25, -0.2) is 4.98 Å². The van der Waals surface area contributed by atoms with Crippen molar-refractivity contribution < 1.29 is 18.4 Å². The van der Waals surface area contributed by atoms with Gasteiger partial charge in [-0.1, -0.05) is 5.16 Å². The molecule has 0 saturated heterocycles. The van der Waals surface area contributed by atoms with E-state index in [2.05, 4.69) is 10.1 Å². The maximum atomic E-state index is 12.2. The van der Waals surface area contributed by atoms with Gasteiger partial charge < -0.3 is 16.7 Å². The van der Waals surface area contributed by atoms with Gasteiger partial charge >= 0.3 is 6.18 Å². The fraction of sp³-hybridized carbons (Fsp3) is 0.143. The Kier molecular flexibility index (Phi) is 2.69. The average molecular weight is 220 g/mol. The first-order chi connectivity index (χ1) is 6.86. The highest BCUT2D eigenvalue weighted by atomic mass is 19.4. The van der Waals surface area contributed by atoms with Crippen LogP contribution in [-0.2, 0) is 6.18 Å². The molecule has 8 heteroatoms. The largest absolute Gasteiger partial charge is 0.417 e. The molecule has 1 aromatic heterocycles. The van der Waals surface area contributed by atoms with Gasteiger partial charge in [0.15, 0.2) is 5.84 Å². The van der Waals surface area contributed by atoms with Crippen molar-refractivity contribution in [3.8, 4) is 0 Å². The van der Waals surface area contributed by atoms with Gasteiger partial charge in [0, 0.05) is 6.20 Å². The molecule has 0 spiro atoms. The number of amidine groups is 1. The van der Waals surface area contributed by atoms with Gasteiger partial charge in [0.1, 0.15) is 5.82 Å². The van der Waals surface area contributed by atoms with E-state index in [1.807, 2.05) is 0 Å². The van der Waals surface area contributed by atoms with Gasteiger partial charge in [-0.3, -0.25) is 0 Å². The van der Waals surface area contributed by atoms with Gasteiger partial charge in [-0.05, 0) is 6.07 Å². The molecule has 0 aliphatic heterocycles. The lowest BCUT2D eigenvalue weighted by molar-refractivity contribution is -0.137. The van der Waals surface area contributed by atoms with E-state index in [1.54, 1.807) is 0 Å². The van der Waals surface area contributed by atoms with Crippen molar-refractivity contribution in [1.29, 1.82) is 0 Å². The first-order valence-corrected chi connectivity index (χ1v) is 3.67. The summed E-state index contributed by atoms with van der Waals surface area (Å²) in [6.45, 7) is 0. The van der Waals surface area contributed by atoms with Crippen LogP contribution >= 0.6 is 0 Å². The molecule has 82 valence electrons. The lowest BCUT2D eigenvalue weighted by atomic mass is 10.1. The van der Waals surface area contributed by atoms with Crippen LogP contribution in [0.2, 0.25) is 0 Å². The lowest BCUT2D eigenvalue weighted by Crippen LogP contribution is -2.18. The van der Waals surface area contributed by atoms with Gasteiger partial charge in [0.2, 0.25) is 0 Å². The van der Waals surface area contributed by atoms with Crippen molar-refractivity contribution in [2.24, 2.45) is 10.9 Å². The second-order valence-electron chi connectivity index (χ2n) is 2.64. The van der Waals surface area contributed by atoms with Crippen LogP contribution in [0, 0.1) is 0 Å². The molecule has 1 rings (SSSR count). The second kappa shape index (κ2) is 3.64. The number of aromatic nitrogens is 1. The molecule has 0 amide bonds. The quantitative estimate of drug-likeness (QED) is 0.282. The molecular weight excluding hydrogens is 213 g/mol. The van der Waals surface area contributed by atoms with Gasteiger partial charge in [0.25, 0.3) is 0 Å². The Morgan fingerprint density at radius 3 is 2.53 bits per heavy atom. The Morgan fingerprint density at radius 1 is 1.47 bits per heavy atom. The minimum absolute atomic E-state index is 0.238. The third-order valence-electron chi connectivity index (χ3n) is 1.63. The summed E-state index contributed by atoms with van der Waals surface area (Å²) in [7, 11) is 0. The van der Waals surface area contributed by atoms with Crippen molar-refractivity contribution in [2.75, 3.05) is 5.73 Å². The molecule has 0 aliphatic carbocycles. The number of oxime groups is 1. The number of hydrogen-bond acceptors (Lipinski definition) is 4. The number of nitrogens with two attached hydrogens (primary N) is 2. The fourth-order valence-electron chi connectivity index (χ4n) is 0.889. The normalized spacial score (nSPS) is 12.9. The topological polar surface area (TPSA) is 97.5 Å². The van der Waals surface area contributed by atoms with Crippen LogP contribution in [0.3, 0.4) is 0 Å². The zero-order chi connectivity index (χ0) is 11.6. The monoisotopic (exact) mass is 220 g/mol.